The second kappa shape index (κ2) is 12.5. The third-order valence-corrected chi connectivity index (χ3v) is 13.5. The Bertz CT molecular complexity index is 918. The Kier molecular flexibility index (Phi) is 9.71. The Hall–Kier alpha value is -0.500. The van der Waals surface area contributed by atoms with Crippen LogP contribution in [0.2, 0.25) is 0 Å². The van der Waals surface area contributed by atoms with Gasteiger partial charge in [-0.1, -0.05) is 66.0 Å². The van der Waals surface area contributed by atoms with Gasteiger partial charge in [-0.2, -0.15) is 0 Å². The number of aliphatic hydroxyl groups is 4. The van der Waals surface area contributed by atoms with Crippen LogP contribution in [0.25, 0.3) is 0 Å². The van der Waals surface area contributed by atoms with Crippen molar-refractivity contribution in [3.8, 4) is 0 Å². The van der Waals surface area contributed by atoms with Crippen molar-refractivity contribution in [1.82, 2.24) is 0 Å². The van der Waals surface area contributed by atoms with Crippen molar-refractivity contribution in [3.63, 3.8) is 0 Å². The highest BCUT2D eigenvalue weighted by molar-refractivity contribution is 5.25. The van der Waals surface area contributed by atoms with E-state index in [2.05, 4.69) is 47.6 Å². The number of allylic oxidation sites excluding steroid dienone is 1. The van der Waals surface area contributed by atoms with Crippen molar-refractivity contribution in [3.05, 3.63) is 11.6 Å². The average molecular weight is 577 g/mol. The van der Waals surface area contributed by atoms with E-state index in [1.165, 1.54) is 56.9 Å². The highest BCUT2D eigenvalue weighted by Gasteiger charge is 2.59. The second-order valence-corrected chi connectivity index (χ2v) is 15.7. The smallest absolute Gasteiger partial charge is 0.186 e. The molecule has 1 heterocycles. The Balaban J connectivity index is 1.24. The van der Waals surface area contributed by atoms with Crippen LogP contribution in [0.3, 0.4) is 0 Å². The number of aliphatic hydroxyl groups excluding tert-OH is 4. The van der Waals surface area contributed by atoms with Gasteiger partial charge in [-0.15, -0.1) is 0 Å². The summed E-state index contributed by atoms with van der Waals surface area (Å²) in [5.41, 5.74) is 2.19. The fourth-order valence-corrected chi connectivity index (χ4v) is 10.8. The topological polar surface area (TPSA) is 99.4 Å². The summed E-state index contributed by atoms with van der Waals surface area (Å²) in [7, 11) is 0. The van der Waals surface area contributed by atoms with Gasteiger partial charge >= 0.3 is 0 Å². The van der Waals surface area contributed by atoms with E-state index in [0.717, 1.165) is 60.7 Å². The molecule has 0 bridgehead atoms. The van der Waals surface area contributed by atoms with Gasteiger partial charge in [-0.25, -0.2) is 0 Å². The van der Waals surface area contributed by atoms with Gasteiger partial charge in [0.1, 0.15) is 24.4 Å². The zero-order valence-electron chi connectivity index (χ0n) is 26.7. The van der Waals surface area contributed by atoms with E-state index in [-0.39, 0.29) is 11.5 Å². The molecule has 14 atom stereocenters. The van der Waals surface area contributed by atoms with Gasteiger partial charge in [0.05, 0.1) is 12.7 Å². The van der Waals surface area contributed by atoms with Crippen molar-refractivity contribution < 1.29 is 29.9 Å². The van der Waals surface area contributed by atoms with Crippen molar-refractivity contribution in [2.75, 3.05) is 6.61 Å². The molecule has 41 heavy (non-hydrogen) atoms. The predicted octanol–water partition coefficient (Wildman–Crippen LogP) is 5.85. The van der Waals surface area contributed by atoms with Crippen LogP contribution in [0.5, 0.6) is 0 Å². The van der Waals surface area contributed by atoms with E-state index in [9.17, 15) is 20.4 Å². The molecule has 0 spiro atoms. The van der Waals surface area contributed by atoms with Crippen LogP contribution in [0.1, 0.15) is 112 Å². The molecule has 1 aliphatic heterocycles. The van der Waals surface area contributed by atoms with Crippen molar-refractivity contribution in [2.45, 2.75) is 149 Å². The zero-order valence-corrected chi connectivity index (χ0v) is 26.7. The van der Waals surface area contributed by atoms with E-state index in [4.69, 9.17) is 9.47 Å². The first-order valence-electron chi connectivity index (χ1n) is 17.1. The first kappa shape index (κ1) is 31.9. The fraction of sp³-hybridized carbons (Fsp3) is 0.943. The molecule has 1 saturated heterocycles. The molecule has 4 aliphatic carbocycles. The number of ether oxygens (including phenoxy) is 2. The molecule has 6 unspecified atom stereocenters. The molecule has 6 nitrogen and oxygen atoms in total. The van der Waals surface area contributed by atoms with Gasteiger partial charge in [0.2, 0.25) is 0 Å². The maximum atomic E-state index is 10.5. The van der Waals surface area contributed by atoms with Crippen LogP contribution in [0, 0.1) is 52.3 Å². The van der Waals surface area contributed by atoms with E-state index in [0.29, 0.717) is 5.41 Å². The van der Waals surface area contributed by atoms with Crippen LogP contribution in [-0.2, 0) is 9.47 Å². The molecule has 4 N–H and O–H groups in total. The van der Waals surface area contributed by atoms with E-state index >= 15 is 0 Å². The quantitative estimate of drug-likeness (QED) is 0.257. The lowest BCUT2D eigenvalue weighted by molar-refractivity contribution is -0.313. The summed E-state index contributed by atoms with van der Waals surface area (Å²) in [6.45, 7) is 14.5. The Morgan fingerprint density at radius 3 is 2.39 bits per heavy atom. The third kappa shape index (κ3) is 5.73. The third-order valence-electron chi connectivity index (χ3n) is 13.5. The minimum Gasteiger partial charge on any atom is -0.394 e. The first-order valence-corrected chi connectivity index (χ1v) is 17.1. The average Bonchev–Trinajstić information content (AvgIpc) is 3.30. The summed E-state index contributed by atoms with van der Waals surface area (Å²) < 4.78 is 11.9. The molecule has 5 aliphatic rings. The van der Waals surface area contributed by atoms with Gasteiger partial charge in [0.15, 0.2) is 6.29 Å². The monoisotopic (exact) mass is 576 g/mol. The molecule has 0 aromatic rings. The zero-order chi connectivity index (χ0) is 29.7. The Labute approximate surface area is 249 Å². The molecule has 0 aromatic carbocycles. The minimum atomic E-state index is -1.40. The fourth-order valence-electron chi connectivity index (χ4n) is 10.8. The normalized spacial score (nSPS) is 47.7. The molecule has 5 rings (SSSR count). The lowest BCUT2D eigenvalue weighted by atomic mass is 9.47. The number of hydrogen-bond acceptors (Lipinski definition) is 6. The summed E-state index contributed by atoms with van der Waals surface area (Å²) in [6, 6.07) is 0. The standard InChI is InChI=1S/C35H60O6/c1-7-22(20(2)3)9-8-21(4)26-12-13-27-25-11-10-23-18-24(14-16-34(23,5)28(25)15-17-35(26,27)6)40-33-32(39)31(38)30(37)29(19-36)41-33/h10,20-22,24-33,36-39H,7-9,11-19H2,1-6H3/t21-,22?,24+,25+,26-,27+,28+,29?,30?,31?,32?,33?,34+,35-/m1/s1. The SMILES string of the molecule is CCC(CC[C@@H](C)[C@H]1CC[C@H]2[C@@H]3CC=C4C[C@@H](OC5OC(CO)C(O)C(O)C5O)CC[C@]4(C)[C@H]3CC[C@]12C)C(C)C. The number of rotatable bonds is 9. The summed E-state index contributed by atoms with van der Waals surface area (Å²) in [4.78, 5) is 0. The predicted molar refractivity (Wildman–Crippen MR) is 161 cm³/mol. The summed E-state index contributed by atoms with van der Waals surface area (Å²) in [5, 5.41) is 40.4. The van der Waals surface area contributed by atoms with Crippen LogP contribution in [0.15, 0.2) is 11.6 Å². The molecular formula is C35H60O6. The Morgan fingerprint density at radius 2 is 1.71 bits per heavy atom. The van der Waals surface area contributed by atoms with E-state index < -0.39 is 37.3 Å². The molecule has 0 aromatic heterocycles. The Morgan fingerprint density at radius 1 is 0.951 bits per heavy atom. The minimum absolute atomic E-state index is 0.101. The van der Waals surface area contributed by atoms with Crippen molar-refractivity contribution in [2.24, 2.45) is 52.3 Å². The van der Waals surface area contributed by atoms with Gasteiger partial charge in [0, 0.05) is 0 Å². The molecule has 6 heteroatoms. The molecule has 236 valence electrons. The van der Waals surface area contributed by atoms with Gasteiger partial charge in [0.25, 0.3) is 0 Å². The van der Waals surface area contributed by atoms with Crippen LogP contribution in [0.4, 0.5) is 0 Å². The lowest BCUT2D eigenvalue weighted by Gasteiger charge is -2.58. The van der Waals surface area contributed by atoms with Crippen LogP contribution in [-0.4, -0.2) is 63.8 Å². The van der Waals surface area contributed by atoms with Gasteiger partial charge < -0.3 is 29.9 Å². The van der Waals surface area contributed by atoms with Crippen molar-refractivity contribution >= 4 is 0 Å². The van der Waals surface area contributed by atoms with Gasteiger partial charge in [-0.05, 0) is 110 Å². The summed E-state index contributed by atoms with van der Waals surface area (Å²) >= 11 is 0. The molecule has 0 radical (unpaired) electrons. The molecular weight excluding hydrogens is 516 g/mol. The number of fused-ring (bicyclic) bond motifs is 5. The van der Waals surface area contributed by atoms with E-state index in [1.54, 1.807) is 0 Å². The highest BCUT2D eigenvalue weighted by atomic mass is 16.7. The van der Waals surface area contributed by atoms with Crippen molar-refractivity contribution in [1.29, 1.82) is 0 Å². The summed E-state index contributed by atoms with van der Waals surface area (Å²) in [5.74, 6) is 5.66. The highest BCUT2D eigenvalue weighted by Crippen LogP contribution is 2.67. The number of hydrogen-bond donors (Lipinski definition) is 4. The van der Waals surface area contributed by atoms with Crippen LogP contribution >= 0.6 is 0 Å². The molecule has 3 saturated carbocycles. The maximum Gasteiger partial charge on any atom is 0.186 e. The maximum absolute atomic E-state index is 10.5. The van der Waals surface area contributed by atoms with E-state index in [1.807, 2.05) is 0 Å². The lowest BCUT2D eigenvalue weighted by Crippen LogP contribution is -2.60. The second-order valence-electron chi connectivity index (χ2n) is 15.7. The van der Waals surface area contributed by atoms with Gasteiger partial charge in [-0.3, -0.25) is 0 Å². The molecule has 0 amide bonds. The largest absolute Gasteiger partial charge is 0.394 e. The summed E-state index contributed by atoms with van der Waals surface area (Å²) in [6.07, 6.45) is 9.92. The molecule has 4 fully saturated rings. The first-order chi connectivity index (χ1) is 19.4. The van der Waals surface area contributed by atoms with Crippen LogP contribution < -0.4 is 0 Å².